The molecule has 61 heavy (non-hydrogen) atoms. The third kappa shape index (κ3) is 6.18. The van der Waals surface area contributed by atoms with E-state index in [0.29, 0.717) is 0 Å². The van der Waals surface area contributed by atoms with Crippen molar-refractivity contribution in [2.24, 2.45) is 0 Å². The number of fused-ring (bicyclic) bond motifs is 7. The van der Waals surface area contributed by atoms with Crippen molar-refractivity contribution in [3.63, 3.8) is 0 Å². The van der Waals surface area contributed by atoms with Crippen molar-refractivity contribution in [3.05, 3.63) is 224 Å². The highest BCUT2D eigenvalue weighted by molar-refractivity contribution is 7.25. The molecular weight excluding hydrogens is 759 g/mol. The Balaban J connectivity index is 1.00. The summed E-state index contributed by atoms with van der Waals surface area (Å²) in [6, 6.07) is 81.4. The Morgan fingerprint density at radius 1 is 0.311 bits per heavy atom. The van der Waals surface area contributed by atoms with Gasteiger partial charge in [0.2, 0.25) is 0 Å². The molecular formula is C58H37NOS. The number of para-hydroxylation sites is 2. The minimum Gasteiger partial charge on any atom is -0.456 e. The Bertz CT molecular complexity index is 3610. The van der Waals surface area contributed by atoms with Gasteiger partial charge in [-0.15, -0.1) is 11.3 Å². The van der Waals surface area contributed by atoms with Crippen LogP contribution >= 0.6 is 11.3 Å². The molecule has 0 aliphatic carbocycles. The fourth-order valence-corrected chi connectivity index (χ4v) is 10.2. The molecule has 12 aromatic rings. The fraction of sp³-hybridized carbons (Fsp3) is 0. The van der Waals surface area contributed by atoms with Gasteiger partial charge in [0.15, 0.2) is 0 Å². The first-order valence-corrected chi connectivity index (χ1v) is 21.5. The molecule has 12 rings (SSSR count). The lowest BCUT2D eigenvalue weighted by atomic mass is 9.93. The van der Waals surface area contributed by atoms with Crippen LogP contribution in [-0.2, 0) is 0 Å². The summed E-state index contributed by atoms with van der Waals surface area (Å²) in [7, 11) is 0. The second-order valence-corrected chi connectivity index (χ2v) is 16.8. The van der Waals surface area contributed by atoms with Crippen molar-refractivity contribution in [1.82, 2.24) is 0 Å². The van der Waals surface area contributed by atoms with E-state index in [1.54, 1.807) is 0 Å². The molecule has 0 radical (unpaired) electrons. The van der Waals surface area contributed by atoms with Gasteiger partial charge in [-0.1, -0.05) is 158 Å². The average Bonchev–Trinajstić information content (AvgIpc) is 3.90. The van der Waals surface area contributed by atoms with Crippen LogP contribution in [0, 0.1) is 0 Å². The largest absolute Gasteiger partial charge is 0.456 e. The molecule has 0 saturated heterocycles. The van der Waals surface area contributed by atoms with Crippen molar-refractivity contribution in [3.8, 4) is 44.5 Å². The average molecular weight is 796 g/mol. The van der Waals surface area contributed by atoms with E-state index >= 15 is 0 Å². The van der Waals surface area contributed by atoms with Crippen LogP contribution in [0.2, 0.25) is 0 Å². The zero-order valence-corrected chi connectivity index (χ0v) is 33.9. The topological polar surface area (TPSA) is 16.4 Å². The zero-order valence-electron chi connectivity index (χ0n) is 33.1. The lowest BCUT2D eigenvalue weighted by Crippen LogP contribution is -2.11. The molecule has 0 unspecified atom stereocenters. The Morgan fingerprint density at radius 2 is 0.934 bits per heavy atom. The quantitative estimate of drug-likeness (QED) is 0.160. The monoisotopic (exact) mass is 795 g/mol. The number of benzene rings is 10. The third-order valence-corrected chi connectivity index (χ3v) is 13.2. The molecule has 0 fully saturated rings. The van der Waals surface area contributed by atoms with Crippen molar-refractivity contribution in [1.29, 1.82) is 0 Å². The normalized spacial score (nSPS) is 11.6. The van der Waals surface area contributed by atoms with Gasteiger partial charge in [0.25, 0.3) is 0 Å². The van der Waals surface area contributed by atoms with Crippen LogP contribution in [0.5, 0.6) is 0 Å². The molecule has 286 valence electrons. The van der Waals surface area contributed by atoms with E-state index in [-0.39, 0.29) is 0 Å². The van der Waals surface area contributed by atoms with Gasteiger partial charge in [-0.25, -0.2) is 0 Å². The third-order valence-electron chi connectivity index (χ3n) is 12.1. The van der Waals surface area contributed by atoms with Crippen molar-refractivity contribution < 1.29 is 4.42 Å². The van der Waals surface area contributed by atoms with Crippen molar-refractivity contribution in [2.45, 2.75) is 0 Å². The van der Waals surface area contributed by atoms with E-state index in [2.05, 4.69) is 217 Å². The van der Waals surface area contributed by atoms with Crippen LogP contribution in [0.4, 0.5) is 17.1 Å². The number of rotatable bonds is 7. The first-order chi connectivity index (χ1) is 30.2. The van der Waals surface area contributed by atoms with Crippen LogP contribution < -0.4 is 4.90 Å². The standard InChI is InChI=1S/C58H37NOS/c1-2-13-40-34-43(25-24-38(40)12-1)48-17-4-3-16-47(48)42-14-11-15-46(35-42)59(45-30-26-39(27-31-45)41-28-32-52-51-20-7-10-23-57(51)61-58(52)37-41)54-21-8-5-18-49(54)44-29-33-56-53(36-44)50-19-6-9-22-55(50)60-56/h1-37H. The molecule has 0 amide bonds. The first-order valence-electron chi connectivity index (χ1n) is 20.7. The van der Waals surface area contributed by atoms with Gasteiger partial charge in [0.05, 0.1) is 5.69 Å². The van der Waals surface area contributed by atoms with E-state index in [0.717, 1.165) is 55.7 Å². The van der Waals surface area contributed by atoms with Crippen LogP contribution in [-0.4, -0.2) is 0 Å². The second kappa shape index (κ2) is 14.5. The molecule has 0 N–H and O–H groups in total. The molecule has 0 aliphatic rings. The maximum atomic E-state index is 6.25. The van der Waals surface area contributed by atoms with E-state index in [1.807, 2.05) is 23.5 Å². The molecule has 0 saturated carbocycles. The number of hydrogen-bond acceptors (Lipinski definition) is 3. The molecule has 0 atom stereocenters. The van der Waals surface area contributed by atoms with Crippen LogP contribution in [0.25, 0.3) is 97.4 Å². The Hall–Kier alpha value is -7.72. The van der Waals surface area contributed by atoms with Crippen LogP contribution in [0.3, 0.4) is 0 Å². The van der Waals surface area contributed by atoms with Crippen LogP contribution in [0.15, 0.2) is 229 Å². The molecule has 0 bridgehead atoms. The van der Waals surface area contributed by atoms with Crippen molar-refractivity contribution in [2.75, 3.05) is 4.90 Å². The van der Waals surface area contributed by atoms with Crippen molar-refractivity contribution >= 4 is 81.3 Å². The Kier molecular flexibility index (Phi) is 8.39. The van der Waals surface area contributed by atoms with Gasteiger partial charge in [0, 0.05) is 47.9 Å². The predicted molar refractivity (Wildman–Crippen MR) is 261 cm³/mol. The van der Waals surface area contributed by atoms with Gasteiger partial charge in [-0.05, 0) is 116 Å². The van der Waals surface area contributed by atoms with Gasteiger partial charge >= 0.3 is 0 Å². The Labute approximate surface area is 357 Å². The summed E-state index contributed by atoms with van der Waals surface area (Å²) >= 11 is 1.86. The maximum absolute atomic E-state index is 6.25. The number of furan rings is 1. The summed E-state index contributed by atoms with van der Waals surface area (Å²) in [5.74, 6) is 0. The molecule has 10 aromatic carbocycles. The smallest absolute Gasteiger partial charge is 0.135 e. The second-order valence-electron chi connectivity index (χ2n) is 15.7. The van der Waals surface area contributed by atoms with E-state index in [4.69, 9.17) is 4.42 Å². The van der Waals surface area contributed by atoms with E-state index in [9.17, 15) is 0 Å². The molecule has 2 aromatic heterocycles. The van der Waals surface area contributed by atoms with Crippen LogP contribution in [0.1, 0.15) is 0 Å². The maximum Gasteiger partial charge on any atom is 0.135 e. The minimum absolute atomic E-state index is 0.890. The highest BCUT2D eigenvalue weighted by Gasteiger charge is 2.20. The highest BCUT2D eigenvalue weighted by atomic mass is 32.1. The molecule has 2 heterocycles. The minimum atomic E-state index is 0.890. The lowest BCUT2D eigenvalue weighted by Gasteiger charge is -2.28. The number of nitrogens with zero attached hydrogens (tertiary/aromatic N) is 1. The fourth-order valence-electron chi connectivity index (χ4n) is 9.10. The Morgan fingerprint density at radius 3 is 1.80 bits per heavy atom. The molecule has 0 aliphatic heterocycles. The van der Waals surface area contributed by atoms with Gasteiger partial charge in [0.1, 0.15) is 11.2 Å². The molecule has 3 heteroatoms. The van der Waals surface area contributed by atoms with E-state index < -0.39 is 0 Å². The summed E-state index contributed by atoms with van der Waals surface area (Å²) in [4.78, 5) is 2.41. The zero-order chi connectivity index (χ0) is 40.3. The lowest BCUT2D eigenvalue weighted by molar-refractivity contribution is 0.669. The summed E-state index contributed by atoms with van der Waals surface area (Å²) in [6.45, 7) is 0. The number of thiophene rings is 1. The molecule has 0 spiro atoms. The number of hydrogen-bond donors (Lipinski definition) is 0. The first kappa shape index (κ1) is 35.2. The number of anilines is 3. The summed E-state index contributed by atoms with van der Waals surface area (Å²) in [6.07, 6.45) is 0. The SMILES string of the molecule is c1cc(-c2ccccc2-c2ccc3ccccc3c2)cc(N(c2ccc(-c3ccc4c(c3)sc3ccccc34)cc2)c2ccccc2-c2ccc3oc4ccccc4c3c2)c1. The summed E-state index contributed by atoms with van der Waals surface area (Å²) < 4.78 is 8.88. The summed E-state index contributed by atoms with van der Waals surface area (Å²) in [5.41, 5.74) is 14.5. The van der Waals surface area contributed by atoms with Gasteiger partial charge < -0.3 is 9.32 Å². The predicted octanol–water partition coefficient (Wildman–Crippen LogP) is 17.2. The summed E-state index contributed by atoms with van der Waals surface area (Å²) in [5, 5.41) is 7.35. The molecule has 2 nitrogen and oxygen atoms in total. The van der Waals surface area contributed by atoms with Gasteiger partial charge in [-0.3, -0.25) is 0 Å². The van der Waals surface area contributed by atoms with E-state index in [1.165, 1.54) is 58.8 Å². The highest BCUT2D eigenvalue weighted by Crippen LogP contribution is 2.45. The van der Waals surface area contributed by atoms with Gasteiger partial charge in [-0.2, -0.15) is 0 Å².